The van der Waals surface area contributed by atoms with Gasteiger partial charge in [-0.05, 0) is 36.5 Å². The van der Waals surface area contributed by atoms with E-state index in [0.29, 0.717) is 5.56 Å². The lowest BCUT2D eigenvalue weighted by Gasteiger charge is -2.20. The van der Waals surface area contributed by atoms with E-state index in [1.807, 2.05) is 0 Å². The van der Waals surface area contributed by atoms with Gasteiger partial charge in [-0.3, -0.25) is 4.79 Å². The molecule has 1 aliphatic carbocycles. The van der Waals surface area contributed by atoms with Crippen LogP contribution in [0.25, 0.3) is 0 Å². The Bertz CT molecular complexity index is 427. The van der Waals surface area contributed by atoms with Crippen LogP contribution in [0.5, 0.6) is 0 Å². The summed E-state index contributed by atoms with van der Waals surface area (Å²) in [6.07, 6.45) is 3.94. The predicted octanol–water partition coefficient (Wildman–Crippen LogP) is 3.84. The van der Waals surface area contributed by atoms with Gasteiger partial charge < -0.3 is 5.11 Å². The fraction of sp³-hybridized carbons (Fsp3) is 0.462. The third-order valence-corrected chi connectivity index (χ3v) is 3.76. The highest BCUT2D eigenvalue weighted by atomic mass is 35.5. The van der Waals surface area contributed by atoms with Crippen molar-refractivity contribution in [2.24, 2.45) is 5.92 Å². The fourth-order valence-corrected chi connectivity index (χ4v) is 2.92. The average Bonchev–Trinajstić information content (AvgIpc) is 2.74. The first-order valence-corrected chi connectivity index (χ1v) is 6.15. The van der Waals surface area contributed by atoms with Crippen LogP contribution in [0.1, 0.15) is 37.2 Å². The van der Waals surface area contributed by atoms with E-state index in [1.165, 1.54) is 18.2 Å². The Morgan fingerprint density at radius 3 is 2.59 bits per heavy atom. The van der Waals surface area contributed by atoms with E-state index in [4.69, 9.17) is 11.6 Å². The quantitative estimate of drug-likeness (QED) is 0.892. The molecule has 0 spiro atoms. The second-order valence-corrected chi connectivity index (χ2v) is 4.93. The van der Waals surface area contributed by atoms with Crippen LogP contribution in [0.4, 0.5) is 4.39 Å². The molecule has 0 saturated heterocycles. The molecule has 1 N–H and O–H groups in total. The van der Waals surface area contributed by atoms with Crippen LogP contribution < -0.4 is 0 Å². The average molecular weight is 257 g/mol. The first-order chi connectivity index (χ1) is 8.09. The van der Waals surface area contributed by atoms with Crippen LogP contribution in [0, 0.1) is 11.7 Å². The van der Waals surface area contributed by atoms with Crippen molar-refractivity contribution in [3.05, 3.63) is 34.6 Å². The van der Waals surface area contributed by atoms with Crippen molar-refractivity contribution in [3.8, 4) is 0 Å². The highest BCUT2D eigenvalue weighted by Crippen LogP contribution is 2.39. The molecule has 1 saturated carbocycles. The van der Waals surface area contributed by atoms with E-state index < -0.39 is 17.7 Å². The van der Waals surface area contributed by atoms with Crippen molar-refractivity contribution >= 4 is 17.6 Å². The normalized spacial score (nSPS) is 18.2. The summed E-state index contributed by atoms with van der Waals surface area (Å²) < 4.78 is 13.0. The molecule has 4 heteroatoms. The van der Waals surface area contributed by atoms with Crippen LogP contribution in [0.3, 0.4) is 0 Å². The maximum Gasteiger partial charge on any atom is 0.311 e. The maximum atomic E-state index is 13.0. The minimum absolute atomic E-state index is 0.121. The van der Waals surface area contributed by atoms with Crippen LogP contribution in [0.2, 0.25) is 5.02 Å². The second-order valence-electron chi connectivity index (χ2n) is 4.53. The van der Waals surface area contributed by atoms with E-state index in [-0.39, 0.29) is 10.9 Å². The molecule has 1 aromatic rings. The third-order valence-electron chi connectivity index (χ3n) is 3.43. The van der Waals surface area contributed by atoms with Gasteiger partial charge in [0, 0.05) is 5.02 Å². The molecule has 92 valence electrons. The number of hydrogen-bond donors (Lipinski definition) is 1. The molecule has 2 nitrogen and oxygen atoms in total. The van der Waals surface area contributed by atoms with E-state index in [0.717, 1.165) is 25.7 Å². The number of halogens is 2. The Labute approximate surface area is 104 Å². The Morgan fingerprint density at radius 2 is 2.06 bits per heavy atom. The number of hydrogen-bond acceptors (Lipinski definition) is 1. The molecule has 2 rings (SSSR count). The van der Waals surface area contributed by atoms with Crippen molar-refractivity contribution in [1.82, 2.24) is 0 Å². The van der Waals surface area contributed by atoms with Crippen LogP contribution in [0.15, 0.2) is 18.2 Å². The molecule has 1 aliphatic rings. The summed E-state index contributed by atoms with van der Waals surface area (Å²) >= 11 is 5.94. The predicted molar refractivity (Wildman–Crippen MR) is 63.7 cm³/mol. The highest BCUT2D eigenvalue weighted by molar-refractivity contribution is 6.31. The van der Waals surface area contributed by atoms with E-state index >= 15 is 0 Å². The maximum absolute atomic E-state index is 13.0. The number of aliphatic carboxylic acids is 1. The molecule has 0 aliphatic heterocycles. The zero-order valence-electron chi connectivity index (χ0n) is 9.33. The van der Waals surface area contributed by atoms with Crippen molar-refractivity contribution in [2.75, 3.05) is 0 Å². The third kappa shape index (κ3) is 2.60. The minimum Gasteiger partial charge on any atom is -0.481 e. The topological polar surface area (TPSA) is 37.3 Å². The summed E-state index contributed by atoms with van der Waals surface area (Å²) in [5.41, 5.74) is 0.535. The summed E-state index contributed by atoms with van der Waals surface area (Å²) in [5.74, 6) is -1.79. The van der Waals surface area contributed by atoms with Gasteiger partial charge in [0.25, 0.3) is 0 Å². The Hall–Kier alpha value is -1.09. The van der Waals surface area contributed by atoms with Crippen LogP contribution in [-0.4, -0.2) is 11.1 Å². The summed E-state index contributed by atoms with van der Waals surface area (Å²) in [4.78, 5) is 11.4. The van der Waals surface area contributed by atoms with E-state index in [2.05, 4.69) is 0 Å². The summed E-state index contributed by atoms with van der Waals surface area (Å²) in [5, 5.41) is 9.54. The van der Waals surface area contributed by atoms with Gasteiger partial charge in [-0.25, -0.2) is 4.39 Å². The number of carboxylic acids is 1. The molecule has 1 aromatic carbocycles. The molecular formula is C13H14ClFO2. The Balaban J connectivity index is 2.35. The number of benzene rings is 1. The van der Waals surface area contributed by atoms with Crippen molar-refractivity contribution in [2.45, 2.75) is 31.6 Å². The monoisotopic (exact) mass is 256 g/mol. The smallest absolute Gasteiger partial charge is 0.311 e. The van der Waals surface area contributed by atoms with Gasteiger partial charge in [0.15, 0.2) is 0 Å². The van der Waals surface area contributed by atoms with Gasteiger partial charge in [-0.2, -0.15) is 0 Å². The molecule has 1 atom stereocenters. The first-order valence-electron chi connectivity index (χ1n) is 5.77. The molecule has 0 amide bonds. The molecule has 0 bridgehead atoms. The fourth-order valence-electron chi connectivity index (χ4n) is 2.63. The zero-order valence-corrected chi connectivity index (χ0v) is 10.1. The van der Waals surface area contributed by atoms with Gasteiger partial charge in [0.05, 0.1) is 5.92 Å². The van der Waals surface area contributed by atoms with Gasteiger partial charge in [0.1, 0.15) is 5.82 Å². The van der Waals surface area contributed by atoms with Crippen LogP contribution >= 0.6 is 11.6 Å². The van der Waals surface area contributed by atoms with Crippen molar-refractivity contribution in [1.29, 1.82) is 0 Å². The van der Waals surface area contributed by atoms with Crippen molar-refractivity contribution < 1.29 is 14.3 Å². The molecule has 0 radical (unpaired) electrons. The van der Waals surface area contributed by atoms with Gasteiger partial charge in [0.2, 0.25) is 0 Å². The van der Waals surface area contributed by atoms with Crippen LogP contribution in [-0.2, 0) is 4.79 Å². The Kier molecular flexibility index (Phi) is 3.67. The SMILES string of the molecule is O=C(O)C(c1ccc(F)cc1Cl)C1CCCC1. The zero-order chi connectivity index (χ0) is 12.4. The largest absolute Gasteiger partial charge is 0.481 e. The molecule has 0 aromatic heterocycles. The van der Waals surface area contributed by atoms with Crippen molar-refractivity contribution in [3.63, 3.8) is 0 Å². The summed E-state index contributed by atoms with van der Waals surface area (Å²) in [6, 6.07) is 3.95. The van der Waals surface area contributed by atoms with Gasteiger partial charge in [-0.15, -0.1) is 0 Å². The summed E-state index contributed by atoms with van der Waals surface area (Å²) in [7, 11) is 0. The molecule has 1 fully saturated rings. The lowest BCUT2D eigenvalue weighted by molar-refractivity contribution is -0.140. The number of carboxylic acid groups (broad SMARTS) is 1. The Morgan fingerprint density at radius 1 is 1.41 bits per heavy atom. The van der Waals surface area contributed by atoms with Gasteiger partial charge in [-0.1, -0.05) is 30.5 Å². The van der Waals surface area contributed by atoms with E-state index in [9.17, 15) is 14.3 Å². The number of rotatable bonds is 3. The van der Waals surface area contributed by atoms with Gasteiger partial charge >= 0.3 is 5.97 Å². The molecule has 0 heterocycles. The molecule has 17 heavy (non-hydrogen) atoms. The molecular weight excluding hydrogens is 243 g/mol. The standard InChI is InChI=1S/C13H14ClFO2/c14-11-7-9(15)5-6-10(11)12(13(16)17)8-3-1-2-4-8/h5-8,12H,1-4H2,(H,16,17). The highest BCUT2D eigenvalue weighted by Gasteiger charge is 2.33. The minimum atomic E-state index is -0.870. The molecule has 1 unspecified atom stereocenters. The van der Waals surface area contributed by atoms with E-state index in [1.54, 1.807) is 0 Å². The second kappa shape index (κ2) is 5.05. The first kappa shape index (κ1) is 12.4. The lowest BCUT2D eigenvalue weighted by atomic mass is 9.85. The summed E-state index contributed by atoms with van der Waals surface area (Å²) in [6.45, 7) is 0. The number of carbonyl (C=O) groups is 1. The lowest BCUT2D eigenvalue weighted by Crippen LogP contribution is -2.20.